The number of alkyl halides is 2. The molecule has 0 atom stereocenters. The average Bonchev–Trinajstić information content (AvgIpc) is 2.36. The molecule has 1 saturated carbocycles. The van der Waals surface area contributed by atoms with Crippen LogP contribution in [0.15, 0.2) is 36.5 Å². The summed E-state index contributed by atoms with van der Waals surface area (Å²) < 4.78 is 25.5. The van der Waals surface area contributed by atoms with Gasteiger partial charge in [-0.2, -0.15) is 0 Å². The summed E-state index contributed by atoms with van der Waals surface area (Å²) in [6.45, 7) is 0. The van der Waals surface area contributed by atoms with Gasteiger partial charge in [-0.15, -0.1) is 0 Å². The van der Waals surface area contributed by atoms with E-state index in [1.165, 1.54) is 0 Å². The van der Waals surface area contributed by atoms with Crippen LogP contribution in [0.4, 0.5) is 14.5 Å². The van der Waals surface area contributed by atoms with Crippen LogP contribution in [-0.4, -0.2) is 16.8 Å². The number of carbonyl (C=O) groups excluding carboxylic acids is 1. The van der Waals surface area contributed by atoms with E-state index in [4.69, 9.17) is 0 Å². The van der Waals surface area contributed by atoms with Crippen LogP contribution in [0.1, 0.15) is 12.8 Å². The van der Waals surface area contributed by atoms with Crippen LogP contribution >= 0.6 is 0 Å². The van der Waals surface area contributed by atoms with E-state index in [2.05, 4.69) is 10.3 Å². The predicted molar refractivity (Wildman–Crippen MR) is 68.0 cm³/mol. The first-order valence-electron chi connectivity index (χ1n) is 6.08. The third-order valence-corrected chi connectivity index (χ3v) is 3.35. The number of fused-ring (bicyclic) bond motifs is 1. The molecule has 3 nitrogen and oxygen atoms in total. The molecule has 0 radical (unpaired) electrons. The molecule has 0 saturated heterocycles. The maximum absolute atomic E-state index is 12.7. The Morgan fingerprint density at radius 2 is 2.00 bits per heavy atom. The number of aromatic nitrogens is 1. The van der Waals surface area contributed by atoms with Gasteiger partial charge >= 0.3 is 0 Å². The minimum atomic E-state index is -2.68. The molecule has 1 amide bonds. The molecule has 1 aromatic carbocycles. The number of para-hydroxylation sites is 1. The molecule has 0 aliphatic heterocycles. The van der Waals surface area contributed by atoms with E-state index in [9.17, 15) is 13.6 Å². The Kier molecular flexibility index (Phi) is 2.69. The number of rotatable bonds is 2. The van der Waals surface area contributed by atoms with Gasteiger partial charge in [0.1, 0.15) is 0 Å². The summed E-state index contributed by atoms with van der Waals surface area (Å²) in [7, 11) is 0. The van der Waals surface area contributed by atoms with E-state index in [1.54, 1.807) is 24.4 Å². The minimum Gasteiger partial charge on any atom is -0.324 e. The summed E-state index contributed by atoms with van der Waals surface area (Å²) in [4.78, 5) is 16.1. The fourth-order valence-electron chi connectivity index (χ4n) is 2.29. The number of nitrogens with zero attached hydrogens (tertiary/aromatic N) is 1. The van der Waals surface area contributed by atoms with Gasteiger partial charge in [0, 0.05) is 30.3 Å². The number of halogens is 2. The fourth-order valence-corrected chi connectivity index (χ4v) is 2.29. The molecule has 0 unspecified atom stereocenters. The Hall–Kier alpha value is -2.04. The van der Waals surface area contributed by atoms with Crippen molar-refractivity contribution in [3.05, 3.63) is 36.5 Å². The lowest BCUT2D eigenvalue weighted by molar-refractivity contribution is -0.145. The summed E-state index contributed by atoms with van der Waals surface area (Å²) in [6.07, 6.45) is 0.906. The number of hydrogen-bond acceptors (Lipinski definition) is 2. The second-order valence-corrected chi connectivity index (χ2v) is 4.83. The zero-order valence-corrected chi connectivity index (χ0v) is 10.1. The van der Waals surface area contributed by atoms with E-state index in [0.29, 0.717) is 11.2 Å². The van der Waals surface area contributed by atoms with Crippen LogP contribution < -0.4 is 5.32 Å². The van der Waals surface area contributed by atoms with Crippen molar-refractivity contribution in [1.29, 1.82) is 0 Å². The highest BCUT2D eigenvalue weighted by Crippen LogP contribution is 2.42. The quantitative estimate of drug-likeness (QED) is 0.902. The van der Waals surface area contributed by atoms with E-state index >= 15 is 0 Å². The van der Waals surface area contributed by atoms with Gasteiger partial charge in [-0.3, -0.25) is 9.78 Å². The smallest absolute Gasteiger partial charge is 0.249 e. The van der Waals surface area contributed by atoms with Crippen LogP contribution in [0.25, 0.3) is 10.9 Å². The van der Waals surface area contributed by atoms with Crippen LogP contribution in [0.5, 0.6) is 0 Å². The molecule has 0 spiro atoms. The molecular weight excluding hydrogens is 250 g/mol. The first-order chi connectivity index (χ1) is 9.05. The van der Waals surface area contributed by atoms with Crippen molar-refractivity contribution in [2.24, 2.45) is 5.92 Å². The second kappa shape index (κ2) is 4.26. The first-order valence-corrected chi connectivity index (χ1v) is 6.08. The van der Waals surface area contributed by atoms with Gasteiger partial charge in [0.25, 0.3) is 0 Å². The largest absolute Gasteiger partial charge is 0.324 e. The summed E-state index contributed by atoms with van der Waals surface area (Å²) in [5.41, 5.74) is 1.24. The standard InChI is InChI=1S/C14H12F2N2O/c15-14(16)7-10(8-14)13(19)18-11-5-1-3-9-4-2-6-17-12(9)11/h1-6,10H,7-8H2,(H,18,19). The number of anilines is 1. The molecule has 2 aromatic rings. The van der Waals surface area contributed by atoms with E-state index in [0.717, 1.165) is 5.39 Å². The van der Waals surface area contributed by atoms with Crippen molar-refractivity contribution in [3.63, 3.8) is 0 Å². The predicted octanol–water partition coefficient (Wildman–Crippen LogP) is 3.22. The highest BCUT2D eigenvalue weighted by atomic mass is 19.3. The third-order valence-electron chi connectivity index (χ3n) is 3.35. The van der Waals surface area contributed by atoms with Crippen molar-refractivity contribution >= 4 is 22.5 Å². The Balaban J connectivity index is 1.80. The van der Waals surface area contributed by atoms with E-state index in [-0.39, 0.29) is 18.7 Å². The highest BCUT2D eigenvalue weighted by Gasteiger charge is 2.48. The number of hydrogen-bond donors (Lipinski definition) is 1. The van der Waals surface area contributed by atoms with Crippen molar-refractivity contribution < 1.29 is 13.6 Å². The van der Waals surface area contributed by atoms with Crippen molar-refractivity contribution in [3.8, 4) is 0 Å². The van der Waals surface area contributed by atoms with Crippen LogP contribution in [-0.2, 0) is 4.79 Å². The van der Waals surface area contributed by atoms with Crippen molar-refractivity contribution in [2.75, 3.05) is 5.32 Å². The lowest BCUT2D eigenvalue weighted by Crippen LogP contribution is -2.42. The lowest BCUT2D eigenvalue weighted by Gasteiger charge is -2.33. The lowest BCUT2D eigenvalue weighted by atomic mass is 9.81. The third kappa shape index (κ3) is 2.28. The van der Waals surface area contributed by atoms with Crippen LogP contribution in [0.2, 0.25) is 0 Å². The molecule has 5 heteroatoms. The number of benzene rings is 1. The van der Waals surface area contributed by atoms with Crippen LogP contribution in [0, 0.1) is 5.92 Å². The van der Waals surface area contributed by atoms with Crippen LogP contribution in [0.3, 0.4) is 0 Å². The van der Waals surface area contributed by atoms with E-state index < -0.39 is 11.8 Å². The summed E-state index contributed by atoms with van der Waals surface area (Å²) in [6, 6.07) is 9.10. The number of carbonyl (C=O) groups is 1. The molecule has 3 rings (SSSR count). The maximum atomic E-state index is 12.7. The molecule has 1 N–H and O–H groups in total. The SMILES string of the molecule is O=C(Nc1cccc2cccnc12)C1CC(F)(F)C1. The number of amides is 1. The highest BCUT2D eigenvalue weighted by molar-refractivity contribution is 6.01. The average molecular weight is 262 g/mol. The van der Waals surface area contributed by atoms with Gasteiger partial charge in [0.15, 0.2) is 0 Å². The number of pyridine rings is 1. The molecule has 1 fully saturated rings. The zero-order valence-electron chi connectivity index (χ0n) is 10.1. The summed E-state index contributed by atoms with van der Waals surface area (Å²) >= 11 is 0. The monoisotopic (exact) mass is 262 g/mol. The Morgan fingerprint density at radius 3 is 2.74 bits per heavy atom. The van der Waals surface area contributed by atoms with Crippen molar-refractivity contribution in [1.82, 2.24) is 4.98 Å². The van der Waals surface area contributed by atoms with Gasteiger partial charge in [-0.25, -0.2) is 8.78 Å². The minimum absolute atomic E-state index is 0.357. The summed E-state index contributed by atoms with van der Waals surface area (Å²) in [5, 5.41) is 3.59. The second-order valence-electron chi connectivity index (χ2n) is 4.83. The normalized spacial score (nSPS) is 18.0. The Morgan fingerprint density at radius 1 is 1.26 bits per heavy atom. The fraction of sp³-hybridized carbons (Fsp3) is 0.286. The maximum Gasteiger partial charge on any atom is 0.249 e. The van der Waals surface area contributed by atoms with E-state index in [1.807, 2.05) is 12.1 Å². The molecular formula is C14H12F2N2O. The van der Waals surface area contributed by atoms with Gasteiger partial charge in [-0.1, -0.05) is 18.2 Å². The molecule has 19 heavy (non-hydrogen) atoms. The molecule has 1 aliphatic carbocycles. The van der Waals surface area contributed by atoms with Gasteiger partial charge in [0.05, 0.1) is 11.2 Å². The van der Waals surface area contributed by atoms with Gasteiger partial charge < -0.3 is 5.32 Å². The molecule has 1 heterocycles. The Labute approximate surface area is 108 Å². The molecule has 1 aromatic heterocycles. The topological polar surface area (TPSA) is 42.0 Å². The molecule has 1 aliphatic rings. The van der Waals surface area contributed by atoms with Gasteiger partial charge in [0.2, 0.25) is 11.8 Å². The van der Waals surface area contributed by atoms with Crippen molar-refractivity contribution in [2.45, 2.75) is 18.8 Å². The zero-order chi connectivity index (χ0) is 13.5. The molecule has 98 valence electrons. The first kappa shape index (κ1) is 12.0. The molecule has 0 bridgehead atoms. The number of nitrogens with one attached hydrogen (secondary N) is 1. The van der Waals surface area contributed by atoms with Gasteiger partial charge in [-0.05, 0) is 12.1 Å². The summed E-state index contributed by atoms with van der Waals surface area (Å²) in [5.74, 6) is -3.64. The Bertz CT molecular complexity index is 629.